The Morgan fingerprint density at radius 2 is 1.79 bits per heavy atom. The predicted octanol–water partition coefficient (Wildman–Crippen LogP) is 4.74. The average Bonchev–Trinajstić information content (AvgIpc) is 2.77. The van der Waals surface area contributed by atoms with Crippen molar-refractivity contribution in [2.24, 2.45) is 29.6 Å². The van der Waals surface area contributed by atoms with Gasteiger partial charge in [-0.1, -0.05) is 53.9 Å². The number of unbranched alkanes of at least 4 members (excludes halogenated alkanes) is 1. The summed E-state index contributed by atoms with van der Waals surface area (Å²) in [5, 5.41) is 0. The molecule has 1 fully saturated rings. The van der Waals surface area contributed by atoms with Crippen LogP contribution in [0.3, 0.4) is 0 Å². The molecule has 0 bridgehead atoms. The van der Waals surface area contributed by atoms with Crippen LogP contribution in [-0.2, 0) is 0 Å². The van der Waals surface area contributed by atoms with E-state index in [1.165, 1.54) is 25.7 Å². The molecule has 0 radical (unpaired) electrons. The van der Waals surface area contributed by atoms with Crippen molar-refractivity contribution in [3.63, 3.8) is 0 Å². The Morgan fingerprint density at radius 1 is 1.14 bits per heavy atom. The van der Waals surface area contributed by atoms with Crippen LogP contribution >= 0.6 is 0 Å². The van der Waals surface area contributed by atoms with E-state index in [2.05, 4.69) is 34.6 Å². The summed E-state index contributed by atoms with van der Waals surface area (Å²) in [6.45, 7) is 12.0. The Morgan fingerprint density at radius 3 is 2.14 bits per heavy atom. The van der Waals surface area contributed by atoms with E-state index < -0.39 is 0 Å². The highest BCUT2D eigenvalue weighted by Gasteiger charge is 2.49. The molecule has 4 unspecified atom stereocenters. The molecule has 4 atom stereocenters. The van der Waals surface area contributed by atoms with Gasteiger partial charge in [0.1, 0.15) is 0 Å². The van der Waals surface area contributed by atoms with Crippen molar-refractivity contribution in [1.82, 2.24) is 0 Å². The van der Waals surface area contributed by atoms with Gasteiger partial charge >= 0.3 is 0 Å². The minimum atomic E-state index is 0.894. The summed E-state index contributed by atoms with van der Waals surface area (Å²) in [6.07, 6.45) is 5.67. The predicted molar refractivity (Wildman–Crippen MR) is 64.3 cm³/mol. The van der Waals surface area contributed by atoms with Crippen LogP contribution in [0.1, 0.15) is 60.3 Å². The fourth-order valence-corrected chi connectivity index (χ4v) is 3.34. The van der Waals surface area contributed by atoms with Gasteiger partial charge < -0.3 is 0 Å². The molecule has 1 saturated carbocycles. The SMILES string of the molecule is CCCCC(C(C)C)C1C(C)C1CC. The molecule has 0 saturated heterocycles. The summed E-state index contributed by atoms with van der Waals surface area (Å²) in [4.78, 5) is 0. The van der Waals surface area contributed by atoms with Crippen LogP contribution in [0.4, 0.5) is 0 Å². The van der Waals surface area contributed by atoms with E-state index in [1.54, 1.807) is 0 Å². The lowest BCUT2D eigenvalue weighted by Crippen LogP contribution is -2.13. The second-order valence-electron chi connectivity index (χ2n) is 5.56. The van der Waals surface area contributed by atoms with Crippen molar-refractivity contribution in [3.05, 3.63) is 0 Å². The van der Waals surface area contributed by atoms with Gasteiger partial charge in [0.25, 0.3) is 0 Å². The third-order valence-corrected chi connectivity index (χ3v) is 4.35. The molecule has 1 aliphatic rings. The maximum absolute atomic E-state index is 2.46. The van der Waals surface area contributed by atoms with Crippen LogP contribution in [0.25, 0.3) is 0 Å². The molecule has 0 amide bonds. The fourth-order valence-electron chi connectivity index (χ4n) is 3.34. The minimum Gasteiger partial charge on any atom is -0.0654 e. The first-order chi connectivity index (χ1) is 6.63. The number of hydrogen-bond acceptors (Lipinski definition) is 0. The second-order valence-corrected chi connectivity index (χ2v) is 5.56. The highest BCUT2D eigenvalue weighted by atomic mass is 14.5. The van der Waals surface area contributed by atoms with Crippen LogP contribution in [0.5, 0.6) is 0 Å². The molecule has 14 heavy (non-hydrogen) atoms. The lowest BCUT2D eigenvalue weighted by Gasteiger charge is -2.21. The second kappa shape index (κ2) is 5.19. The summed E-state index contributed by atoms with van der Waals surface area (Å²) < 4.78 is 0. The Labute approximate surface area is 90.5 Å². The molecule has 0 aromatic carbocycles. The Balaban J connectivity index is 2.44. The summed E-state index contributed by atoms with van der Waals surface area (Å²) in [5.41, 5.74) is 0. The largest absolute Gasteiger partial charge is 0.0654 e. The van der Waals surface area contributed by atoms with Crippen molar-refractivity contribution >= 4 is 0 Å². The topological polar surface area (TPSA) is 0 Å². The first-order valence-electron chi connectivity index (χ1n) is 6.63. The molecule has 0 heterocycles. The summed E-state index contributed by atoms with van der Waals surface area (Å²) >= 11 is 0. The zero-order chi connectivity index (χ0) is 10.7. The van der Waals surface area contributed by atoms with Crippen molar-refractivity contribution < 1.29 is 0 Å². The molecule has 0 nitrogen and oxygen atoms in total. The smallest absolute Gasteiger partial charge is 0.0324 e. The summed E-state index contributed by atoms with van der Waals surface area (Å²) in [7, 11) is 0. The summed E-state index contributed by atoms with van der Waals surface area (Å²) in [5.74, 6) is 5.04. The maximum Gasteiger partial charge on any atom is -0.0324 e. The molecule has 84 valence electrons. The van der Waals surface area contributed by atoms with Crippen molar-refractivity contribution in [1.29, 1.82) is 0 Å². The van der Waals surface area contributed by atoms with Gasteiger partial charge in [0.15, 0.2) is 0 Å². The van der Waals surface area contributed by atoms with Crippen molar-refractivity contribution in [3.8, 4) is 0 Å². The lowest BCUT2D eigenvalue weighted by molar-refractivity contribution is 0.288. The fraction of sp³-hybridized carbons (Fsp3) is 1.00. The van der Waals surface area contributed by atoms with E-state index in [4.69, 9.17) is 0 Å². The van der Waals surface area contributed by atoms with Gasteiger partial charge in [-0.3, -0.25) is 0 Å². The van der Waals surface area contributed by atoms with Gasteiger partial charge in [-0.05, 0) is 36.0 Å². The third kappa shape index (κ3) is 2.52. The highest BCUT2D eigenvalue weighted by Crippen LogP contribution is 2.55. The molecular formula is C14H28. The standard InChI is InChI=1S/C14H28/c1-6-8-9-13(10(3)4)14-11(5)12(14)7-2/h10-14H,6-9H2,1-5H3. The zero-order valence-corrected chi connectivity index (χ0v) is 10.7. The van der Waals surface area contributed by atoms with E-state index in [0.717, 1.165) is 29.6 Å². The molecule has 1 rings (SSSR count). The Bertz CT molecular complexity index is 159. The molecule has 0 spiro atoms. The first-order valence-corrected chi connectivity index (χ1v) is 6.63. The molecule has 0 aromatic heterocycles. The van der Waals surface area contributed by atoms with Crippen LogP contribution in [0.2, 0.25) is 0 Å². The van der Waals surface area contributed by atoms with Gasteiger partial charge in [-0.15, -0.1) is 0 Å². The van der Waals surface area contributed by atoms with Crippen LogP contribution in [0.15, 0.2) is 0 Å². The van der Waals surface area contributed by atoms with E-state index in [0.29, 0.717) is 0 Å². The van der Waals surface area contributed by atoms with Crippen LogP contribution in [0, 0.1) is 29.6 Å². The van der Waals surface area contributed by atoms with Gasteiger partial charge in [0.05, 0.1) is 0 Å². The van der Waals surface area contributed by atoms with E-state index in [1.807, 2.05) is 0 Å². The van der Waals surface area contributed by atoms with Gasteiger partial charge in [-0.2, -0.15) is 0 Å². The quantitative estimate of drug-likeness (QED) is 0.575. The molecular weight excluding hydrogens is 168 g/mol. The van der Waals surface area contributed by atoms with Gasteiger partial charge in [-0.25, -0.2) is 0 Å². The van der Waals surface area contributed by atoms with Crippen molar-refractivity contribution in [2.45, 2.75) is 60.3 Å². The zero-order valence-electron chi connectivity index (χ0n) is 10.7. The van der Waals surface area contributed by atoms with E-state index >= 15 is 0 Å². The number of hydrogen-bond donors (Lipinski definition) is 0. The Kier molecular flexibility index (Phi) is 4.47. The molecule has 1 aliphatic carbocycles. The highest BCUT2D eigenvalue weighted by molar-refractivity contribution is 4.97. The van der Waals surface area contributed by atoms with E-state index in [9.17, 15) is 0 Å². The monoisotopic (exact) mass is 196 g/mol. The normalized spacial score (nSPS) is 33.4. The van der Waals surface area contributed by atoms with E-state index in [-0.39, 0.29) is 0 Å². The Hall–Kier alpha value is 0. The summed E-state index contributed by atoms with van der Waals surface area (Å²) in [6, 6.07) is 0. The molecule has 0 aromatic rings. The first kappa shape index (κ1) is 12.1. The van der Waals surface area contributed by atoms with Gasteiger partial charge in [0.2, 0.25) is 0 Å². The number of rotatable bonds is 6. The maximum atomic E-state index is 2.46. The average molecular weight is 196 g/mol. The van der Waals surface area contributed by atoms with Crippen LogP contribution < -0.4 is 0 Å². The minimum absolute atomic E-state index is 0.894. The van der Waals surface area contributed by atoms with Crippen LogP contribution in [-0.4, -0.2) is 0 Å². The molecule has 0 heteroatoms. The van der Waals surface area contributed by atoms with Gasteiger partial charge in [0, 0.05) is 0 Å². The lowest BCUT2D eigenvalue weighted by atomic mass is 9.85. The molecule has 0 N–H and O–H groups in total. The van der Waals surface area contributed by atoms with Crippen molar-refractivity contribution in [2.75, 3.05) is 0 Å². The molecule has 0 aliphatic heterocycles. The third-order valence-electron chi connectivity index (χ3n) is 4.35.